The summed E-state index contributed by atoms with van der Waals surface area (Å²) in [5, 5.41) is 19.7. The molecule has 0 heterocycles. The molecule has 4 heteroatoms. The van der Waals surface area contributed by atoms with Gasteiger partial charge in [0.1, 0.15) is 11.8 Å². The van der Waals surface area contributed by atoms with Gasteiger partial charge >= 0.3 is 0 Å². The minimum absolute atomic E-state index is 0.194. The van der Waals surface area contributed by atoms with Gasteiger partial charge in [0.15, 0.2) is 5.75 Å². The summed E-state index contributed by atoms with van der Waals surface area (Å²) in [5.74, 6) is 0.971. The van der Waals surface area contributed by atoms with Crippen LogP contribution in [0.4, 0.5) is 0 Å². The Morgan fingerprint density at radius 2 is 2.17 bits per heavy atom. The van der Waals surface area contributed by atoms with Gasteiger partial charge in [0.05, 0.1) is 17.2 Å². The average Bonchev–Trinajstić information content (AvgIpc) is 2.59. The van der Waals surface area contributed by atoms with Crippen molar-refractivity contribution in [1.29, 1.82) is 5.26 Å². The number of benzene rings is 2. The Labute approximate surface area is 147 Å². The van der Waals surface area contributed by atoms with E-state index in [0.717, 1.165) is 31.2 Å². The maximum absolute atomic E-state index is 9.71. The van der Waals surface area contributed by atoms with E-state index in [1.54, 1.807) is 6.07 Å². The van der Waals surface area contributed by atoms with Crippen molar-refractivity contribution in [2.24, 2.45) is 0 Å². The van der Waals surface area contributed by atoms with Crippen LogP contribution < -0.4 is 4.74 Å². The lowest BCUT2D eigenvalue weighted by molar-refractivity contribution is 0.316. The summed E-state index contributed by atoms with van der Waals surface area (Å²) >= 11 is 6.40. The highest BCUT2D eigenvalue weighted by molar-refractivity contribution is 6.32. The van der Waals surface area contributed by atoms with Crippen molar-refractivity contribution >= 4 is 11.6 Å². The summed E-state index contributed by atoms with van der Waals surface area (Å²) in [7, 11) is 0. The first-order chi connectivity index (χ1) is 11.6. The van der Waals surface area contributed by atoms with Crippen LogP contribution in [0.3, 0.4) is 0 Å². The van der Waals surface area contributed by atoms with Crippen LogP contribution in [0.2, 0.25) is 5.02 Å². The first-order valence-corrected chi connectivity index (χ1v) is 8.70. The molecule has 0 saturated heterocycles. The number of nitrogens with zero attached hydrogens (tertiary/aromatic N) is 1. The van der Waals surface area contributed by atoms with Gasteiger partial charge in [0, 0.05) is 5.92 Å². The second-order valence-electron chi connectivity index (χ2n) is 6.17. The number of aryl methyl sites for hydroxylation is 1. The molecule has 2 aromatic rings. The fraction of sp³-hybridized carbons (Fsp3) is 0.350. The van der Waals surface area contributed by atoms with E-state index in [0.29, 0.717) is 28.7 Å². The summed E-state index contributed by atoms with van der Waals surface area (Å²) in [6, 6.07) is 11.6. The van der Waals surface area contributed by atoms with E-state index in [-0.39, 0.29) is 5.92 Å². The lowest BCUT2D eigenvalue weighted by Crippen LogP contribution is -2.11. The maximum atomic E-state index is 9.71. The monoisotopic (exact) mass is 341 g/mol. The molecule has 124 valence electrons. The quantitative estimate of drug-likeness (QED) is 0.834. The van der Waals surface area contributed by atoms with Crippen molar-refractivity contribution in [2.75, 3.05) is 6.61 Å². The van der Waals surface area contributed by atoms with E-state index >= 15 is 0 Å². The zero-order valence-corrected chi connectivity index (χ0v) is 14.4. The van der Waals surface area contributed by atoms with Crippen LogP contribution in [0.1, 0.15) is 54.4 Å². The molecule has 0 fully saturated rings. The normalized spacial score (nSPS) is 16.3. The summed E-state index contributed by atoms with van der Waals surface area (Å²) in [6.45, 7) is 2.56. The van der Waals surface area contributed by atoms with Crippen LogP contribution in [0, 0.1) is 11.3 Å². The molecule has 1 unspecified atom stereocenters. The zero-order chi connectivity index (χ0) is 17.1. The highest BCUT2D eigenvalue weighted by Gasteiger charge is 2.24. The van der Waals surface area contributed by atoms with Gasteiger partial charge < -0.3 is 9.84 Å². The van der Waals surface area contributed by atoms with Crippen LogP contribution in [-0.2, 0) is 6.42 Å². The van der Waals surface area contributed by atoms with Crippen LogP contribution in [-0.4, -0.2) is 11.7 Å². The lowest BCUT2D eigenvalue weighted by Gasteiger charge is -2.26. The highest BCUT2D eigenvalue weighted by atomic mass is 35.5. The van der Waals surface area contributed by atoms with E-state index < -0.39 is 0 Å². The first-order valence-electron chi connectivity index (χ1n) is 8.32. The fourth-order valence-electron chi connectivity index (χ4n) is 3.40. The number of fused-ring (bicyclic) bond motifs is 1. The van der Waals surface area contributed by atoms with E-state index in [1.807, 2.05) is 31.2 Å². The number of phenols is 1. The molecule has 1 atom stereocenters. The molecule has 0 aliphatic heterocycles. The first kappa shape index (κ1) is 16.7. The predicted molar refractivity (Wildman–Crippen MR) is 94.8 cm³/mol. The zero-order valence-electron chi connectivity index (χ0n) is 13.7. The van der Waals surface area contributed by atoms with Gasteiger partial charge in [-0.05, 0) is 66.6 Å². The van der Waals surface area contributed by atoms with E-state index in [4.69, 9.17) is 16.3 Å². The predicted octanol–water partition coefficient (Wildman–Crippen LogP) is 5.17. The van der Waals surface area contributed by atoms with Crippen molar-refractivity contribution in [2.45, 2.75) is 38.5 Å². The summed E-state index contributed by atoms with van der Waals surface area (Å²) in [4.78, 5) is 0. The highest BCUT2D eigenvalue weighted by Crippen LogP contribution is 2.41. The number of phenolic OH excluding ortho intramolecular Hbond substituents is 1. The lowest BCUT2D eigenvalue weighted by atomic mass is 9.78. The molecule has 1 aliphatic carbocycles. The van der Waals surface area contributed by atoms with Crippen molar-refractivity contribution in [3.63, 3.8) is 0 Å². The topological polar surface area (TPSA) is 53.2 Å². The number of aromatic hydroxyl groups is 1. The minimum atomic E-state index is 0.194. The molecule has 0 bridgehead atoms. The van der Waals surface area contributed by atoms with Gasteiger partial charge in [0.2, 0.25) is 0 Å². The van der Waals surface area contributed by atoms with E-state index in [1.165, 1.54) is 11.1 Å². The number of rotatable bonds is 4. The van der Waals surface area contributed by atoms with Gasteiger partial charge in [-0.1, -0.05) is 24.6 Å². The number of nitriles is 1. The Morgan fingerprint density at radius 1 is 1.33 bits per heavy atom. The third-order valence-corrected chi connectivity index (χ3v) is 4.76. The van der Waals surface area contributed by atoms with Gasteiger partial charge in [0.25, 0.3) is 0 Å². The number of hydrogen-bond donors (Lipinski definition) is 1. The molecule has 0 saturated carbocycles. The van der Waals surface area contributed by atoms with Crippen LogP contribution >= 0.6 is 11.6 Å². The van der Waals surface area contributed by atoms with E-state index in [9.17, 15) is 10.4 Å². The molecule has 3 nitrogen and oxygen atoms in total. The van der Waals surface area contributed by atoms with Gasteiger partial charge in [-0.3, -0.25) is 0 Å². The van der Waals surface area contributed by atoms with Gasteiger partial charge in [-0.15, -0.1) is 0 Å². The Morgan fingerprint density at radius 3 is 2.92 bits per heavy atom. The largest absolute Gasteiger partial charge is 0.508 e. The van der Waals surface area contributed by atoms with Crippen LogP contribution in [0.5, 0.6) is 11.5 Å². The smallest absolute Gasteiger partial charge is 0.155 e. The molecule has 24 heavy (non-hydrogen) atoms. The molecular weight excluding hydrogens is 322 g/mol. The fourth-order valence-corrected chi connectivity index (χ4v) is 3.68. The standard InChI is InChI=1S/C20H20ClNO2/c1-2-8-24-20-15(12-22)9-14(11-19(20)21)17-5-3-4-13-10-16(23)6-7-18(13)17/h6-7,9-11,17,23H,2-5,8H2,1H3. The SMILES string of the molecule is CCCOc1c(Cl)cc(C2CCCc3cc(O)ccc32)cc1C#N. The molecule has 0 spiro atoms. The Balaban J connectivity index is 2.02. The van der Waals surface area contributed by atoms with Crippen LogP contribution in [0.15, 0.2) is 30.3 Å². The number of hydrogen-bond acceptors (Lipinski definition) is 3. The molecule has 0 radical (unpaired) electrons. The van der Waals surface area contributed by atoms with E-state index in [2.05, 4.69) is 6.07 Å². The Bertz CT molecular complexity index is 795. The molecule has 0 amide bonds. The number of ether oxygens (including phenoxy) is 1. The maximum Gasteiger partial charge on any atom is 0.155 e. The van der Waals surface area contributed by atoms with Gasteiger partial charge in [-0.2, -0.15) is 5.26 Å². The Kier molecular flexibility index (Phi) is 4.97. The molecule has 1 N–H and O–H groups in total. The summed E-state index contributed by atoms with van der Waals surface area (Å²) in [6.07, 6.45) is 3.89. The third-order valence-electron chi connectivity index (χ3n) is 4.48. The van der Waals surface area contributed by atoms with Crippen molar-refractivity contribution < 1.29 is 9.84 Å². The number of halogens is 1. The van der Waals surface area contributed by atoms with Crippen molar-refractivity contribution in [3.8, 4) is 17.6 Å². The molecule has 1 aliphatic rings. The molecular formula is C20H20ClNO2. The second kappa shape index (κ2) is 7.15. The average molecular weight is 342 g/mol. The summed E-state index contributed by atoms with van der Waals surface area (Å²) in [5.41, 5.74) is 3.90. The van der Waals surface area contributed by atoms with Crippen molar-refractivity contribution in [1.82, 2.24) is 0 Å². The second-order valence-corrected chi connectivity index (χ2v) is 6.57. The Hall–Kier alpha value is -2.18. The summed E-state index contributed by atoms with van der Waals surface area (Å²) < 4.78 is 5.65. The van der Waals surface area contributed by atoms with Crippen LogP contribution in [0.25, 0.3) is 0 Å². The minimum Gasteiger partial charge on any atom is -0.508 e. The van der Waals surface area contributed by atoms with Gasteiger partial charge in [-0.25, -0.2) is 0 Å². The van der Waals surface area contributed by atoms with Crippen molar-refractivity contribution in [3.05, 3.63) is 57.6 Å². The molecule has 3 rings (SSSR count). The molecule has 0 aromatic heterocycles. The molecule has 2 aromatic carbocycles. The third kappa shape index (κ3) is 3.20.